The number of fused-ring (bicyclic) bond motifs is 1. The largest absolute Gasteiger partial charge is 0.489 e. The van der Waals surface area contributed by atoms with Gasteiger partial charge in [-0.15, -0.1) is 0 Å². The Balaban J connectivity index is 2.14. The molecule has 1 aromatic carbocycles. The molecule has 0 saturated carbocycles. The van der Waals surface area contributed by atoms with E-state index < -0.39 is 5.97 Å². The summed E-state index contributed by atoms with van der Waals surface area (Å²) in [5.41, 5.74) is 6.25. The van der Waals surface area contributed by atoms with Crippen LogP contribution < -0.4 is 15.2 Å². The number of nitrogens with zero attached hydrogens (tertiary/aromatic N) is 1. The molecule has 1 aliphatic heterocycles. The second-order valence-electron chi connectivity index (χ2n) is 4.37. The van der Waals surface area contributed by atoms with Crippen molar-refractivity contribution in [3.63, 3.8) is 0 Å². The van der Waals surface area contributed by atoms with Gasteiger partial charge in [0.15, 0.2) is 22.3 Å². The number of nitrogens with two attached hydrogens (primary N) is 1. The van der Waals surface area contributed by atoms with Crippen molar-refractivity contribution in [1.29, 1.82) is 0 Å². The molecule has 3 N–H and O–H groups in total. The number of carboxylic acid groups (broad SMARTS) is 1. The van der Waals surface area contributed by atoms with Crippen molar-refractivity contribution in [2.45, 2.75) is 6.42 Å². The fraction of sp³-hybridized carbons (Fsp3) is 0.231. The summed E-state index contributed by atoms with van der Waals surface area (Å²) in [4.78, 5) is 15.6. The highest BCUT2D eigenvalue weighted by molar-refractivity contribution is 9.10. The van der Waals surface area contributed by atoms with E-state index in [1.165, 1.54) is 0 Å². The molecule has 0 bridgehead atoms. The normalized spacial score (nSPS) is 13.8. The Morgan fingerprint density at radius 2 is 2.14 bits per heavy atom. The molecule has 0 radical (unpaired) electrons. The molecule has 0 atom stereocenters. The number of benzene rings is 1. The molecule has 0 amide bonds. The Bertz CT molecular complexity index is 716. The number of halogens is 1. The zero-order chi connectivity index (χ0) is 15.0. The van der Waals surface area contributed by atoms with Crippen LogP contribution in [0.25, 0.3) is 10.4 Å². The molecular formula is C13H11BrN2O4S. The number of aromatic nitrogens is 1. The van der Waals surface area contributed by atoms with Gasteiger partial charge in [0.2, 0.25) is 0 Å². The van der Waals surface area contributed by atoms with Crippen LogP contribution in [0, 0.1) is 0 Å². The van der Waals surface area contributed by atoms with Crippen LogP contribution >= 0.6 is 27.3 Å². The maximum absolute atomic E-state index is 11.3. The number of carboxylic acids is 1. The summed E-state index contributed by atoms with van der Waals surface area (Å²) in [7, 11) is 0. The van der Waals surface area contributed by atoms with E-state index in [4.69, 9.17) is 15.2 Å². The SMILES string of the molecule is Nc1nc(C(=O)O)c(-c2cc(Br)c3c(c2)OCCCO3)s1. The molecule has 110 valence electrons. The van der Waals surface area contributed by atoms with Crippen LogP contribution in [0.3, 0.4) is 0 Å². The topological polar surface area (TPSA) is 94.7 Å². The molecule has 6 nitrogen and oxygen atoms in total. The number of ether oxygens (including phenoxy) is 2. The van der Waals surface area contributed by atoms with Crippen molar-refractivity contribution in [2.24, 2.45) is 0 Å². The minimum absolute atomic E-state index is 0.0566. The third-order valence-corrected chi connectivity index (χ3v) is 4.43. The number of anilines is 1. The first kappa shape index (κ1) is 14.2. The van der Waals surface area contributed by atoms with Crippen LogP contribution in [-0.2, 0) is 0 Å². The van der Waals surface area contributed by atoms with Gasteiger partial charge >= 0.3 is 5.97 Å². The third-order valence-electron chi connectivity index (χ3n) is 2.91. The summed E-state index contributed by atoms with van der Waals surface area (Å²) in [5.74, 6) is 0.104. The van der Waals surface area contributed by atoms with Gasteiger partial charge in [0, 0.05) is 6.42 Å². The molecule has 0 saturated heterocycles. The second kappa shape index (κ2) is 5.53. The van der Waals surface area contributed by atoms with Crippen LogP contribution in [0.2, 0.25) is 0 Å². The highest BCUT2D eigenvalue weighted by atomic mass is 79.9. The van der Waals surface area contributed by atoms with Crippen molar-refractivity contribution < 1.29 is 19.4 Å². The van der Waals surface area contributed by atoms with E-state index in [-0.39, 0.29) is 10.8 Å². The van der Waals surface area contributed by atoms with Crippen molar-refractivity contribution in [2.75, 3.05) is 18.9 Å². The number of hydrogen-bond donors (Lipinski definition) is 2. The highest BCUT2D eigenvalue weighted by Gasteiger charge is 2.22. The zero-order valence-electron chi connectivity index (χ0n) is 10.8. The van der Waals surface area contributed by atoms with Crippen LogP contribution in [-0.4, -0.2) is 29.3 Å². The van der Waals surface area contributed by atoms with Crippen LogP contribution in [0.5, 0.6) is 11.5 Å². The summed E-state index contributed by atoms with van der Waals surface area (Å²) in [5, 5.41) is 9.43. The Morgan fingerprint density at radius 3 is 2.90 bits per heavy atom. The van der Waals surface area contributed by atoms with Crippen LogP contribution in [0.1, 0.15) is 16.9 Å². The van der Waals surface area contributed by atoms with E-state index >= 15 is 0 Å². The molecule has 2 aromatic rings. The Morgan fingerprint density at radius 1 is 1.38 bits per heavy atom. The van der Waals surface area contributed by atoms with Gasteiger partial charge in [0.05, 0.1) is 22.6 Å². The van der Waals surface area contributed by atoms with Crippen molar-refractivity contribution in [3.8, 4) is 21.9 Å². The number of rotatable bonds is 2. The molecule has 2 heterocycles. The predicted molar refractivity (Wildman–Crippen MR) is 82.2 cm³/mol. The quantitative estimate of drug-likeness (QED) is 0.843. The summed E-state index contributed by atoms with van der Waals surface area (Å²) < 4.78 is 12.0. The van der Waals surface area contributed by atoms with Gasteiger partial charge < -0.3 is 20.3 Å². The van der Waals surface area contributed by atoms with Gasteiger partial charge in [-0.25, -0.2) is 9.78 Å². The van der Waals surface area contributed by atoms with Gasteiger partial charge in [0.1, 0.15) is 0 Å². The monoisotopic (exact) mass is 370 g/mol. The minimum Gasteiger partial charge on any atom is -0.489 e. The smallest absolute Gasteiger partial charge is 0.356 e. The first-order valence-electron chi connectivity index (χ1n) is 6.15. The highest BCUT2D eigenvalue weighted by Crippen LogP contribution is 2.43. The lowest BCUT2D eigenvalue weighted by Gasteiger charge is -2.11. The summed E-state index contributed by atoms with van der Waals surface area (Å²) in [6.45, 7) is 1.14. The molecule has 1 aliphatic rings. The average molecular weight is 371 g/mol. The van der Waals surface area contributed by atoms with E-state index in [0.29, 0.717) is 39.6 Å². The molecular weight excluding hydrogens is 360 g/mol. The third kappa shape index (κ3) is 2.68. The second-order valence-corrected chi connectivity index (χ2v) is 6.26. The van der Waals surface area contributed by atoms with E-state index in [2.05, 4.69) is 20.9 Å². The van der Waals surface area contributed by atoms with Gasteiger partial charge in [-0.3, -0.25) is 0 Å². The number of aromatic carboxylic acids is 1. The van der Waals surface area contributed by atoms with Gasteiger partial charge in [-0.05, 0) is 33.6 Å². The average Bonchev–Trinajstić information content (AvgIpc) is 2.67. The minimum atomic E-state index is -1.11. The van der Waals surface area contributed by atoms with E-state index in [9.17, 15) is 9.90 Å². The maximum Gasteiger partial charge on any atom is 0.356 e. The lowest BCUT2D eigenvalue weighted by atomic mass is 10.1. The molecule has 8 heteroatoms. The molecule has 0 aliphatic carbocycles. The number of hydrogen-bond acceptors (Lipinski definition) is 6. The lowest BCUT2D eigenvalue weighted by molar-refractivity contribution is 0.0692. The number of carbonyl (C=O) groups is 1. The summed E-state index contributed by atoms with van der Waals surface area (Å²) in [6, 6.07) is 3.54. The van der Waals surface area contributed by atoms with Crippen molar-refractivity contribution in [3.05, 3.63) is 22.3 Å². The molecule has 0 spiro atoms. The van der Waals surface area contributed by atoms with Crippen molar-refractivity contribution >= 4 is 38.4 Å². The van der Waals surface area contributed by atoms with Gasteiger partial charge in [-0.1, -0.05) is 11.3 Å². The number of thiazole rings is 1. The van der Waals surface area contributed by atoms with Crippen LogP contribution in [0.4, 0.5) is 5.13 Å². The van der Waals surface area contributed by atoms with E-state index in [1.54, 1.807) is 12.1 Å². The molecule has 0 unspecified atom stereocenters. The summed E-state index contributed by atoms with van der Waals surface area (Å²) >= 11 is 4.56. The Labute approximate surface area is 132 Å². The van der Waals surface area contributed by atoms with E-state index in [1.807, 2.05) is 0 Å². The molecule has 21 heavy (non-hydrogen) atoms. The standard InChI is InChI=1S/C13H11BrN2O4S/c14-7-4-6(5-8-10(7)20-3-1-2-19-8)11-9(12(17)18)16-13(15)21-11/h4-5H,1-3H2,(H2,15,16)(H,17,18). The van der Waals surface area contributed by atoms with Crippen LogP contribution in [0.15, 0.2) is 16.6 Å². The molecule has 0 fully saturated rings. The van der Waals surface area contributed by atoms with Gasteiger partial charge in [0.25, 0.3) is 0 Å². The first-order valence-corrected chi connectivity index (χ1v) is 7.76. The van der Waals surface area contributed by atoms with Gasteiger partial charge in [-0.2, -0.15) is 0 Å². The van der Waals surface area contributed by atoms with Crippen molar-refractivity contribution in [1.82, 2.24) is 4.98 Å². The summed E-state index contributed by atoms with van der Waals surface area (Å²) in [6.07, 6.45) is 0.796. The fourth-order valence-corrected chi connectivity index (χ4v) is 3.41. The Hall–Kier alpha value is -1.80. The maximum atomic E-state index is 11.3. The molecule has 1 aromatic heterocycles. The molecule has 3 rings (SSSR count). The zero-order valence-corrected chi connectivity index (χ0v) is 13.2. The van der Waals surface area contributed by atoms with E-state index in [0.717, 1.165) is 17.8 Å². The fourth-order valence-electron chi connectivity index (χ4n) is 2.04. The lowest BCUT2D eigenvalue weighted by Crippen LogP contribution is -1.99. The first-order chi connectivity index (χ1) is 10.1. The predicted octanol–water partition coefficient (Wildman–Crippen LogP) is 3.01. The Kier molecular flexibility index (Phi) is 3.73. The number of nitrogen functional groups attached to an aromatic ring is 1.